The Balaban J connectivity index is 2.02. The Morgan fingerprint density at radius 2 is 1.90 bits per heavy atom. The number of hydrogen-bond acceptors (Lipinski definition) is 3. The Bertz CT molecular complexity index is 750. The molecule has 0 aliphatic carbocycles. The Morgan fingerprint density at radius 1 is 1.19 bits per heavy atom. The standard InChI is InChI=1S/C16H20N2O2S/c1-12(17)14-9-10-18(11-14)21(19,20)16-8-4-6-13-5-2-3-7-15(13)16/h2-8,12,14H,9-11,17H2,1H3. The van der Waals surface area contributed by atoms with Crippen molar-refractivity contribution in [3.63, 3.8) is 0 Å². The number of sulfonamides is 1. The van der Waals surface area contributed by atoms with Crippen molar-refractivity contribution >= 4 is 20.8 Å². The average molecular weight is 304 g/mol. The van der Waals surface area contributed by atoms with E-state index in [1.54, 1.807) is 16.4 Å². The van der Waals surface area contributed by atoms with E-state index in [0.717, 1.165) is 17.2 Å². The van der Waals surface area contributed by atoms with Crippen molar-refractivity contribution in [2.24, 2.45) is 11.7 Å². The first kappa shape index (κ1) is 14.5. The molecule has 2 N–H and O–H groups in total. The van der Waals surface area contributed by atoms with Crippen LogP contribution in [0.5, 0.6) is 0 Å². The first-order valence-electron chi connectivity index (χ1n) is 7.23. The highest BCUT2D eigenvalue weighted by molar-refractivity contribution is 7.89. The van der Waals surface area contributed by atoms with Gasteiger partial charge < -0.3 is 5.73 Å². The van der Waals surface area contributed by atoms with E-state index in [-0.39, 0.29) is 12.0 Å². The highest BCUT2D eigenvalue weighted by atomic mass is 32.2. The first-order valence-corrected chi connectivity index (χ1v) is 8.67. The van der Waals surface area contributed by atoms with Gasteiger partial charge in [-0.05, 0) is 30.7 Å². The Morgan fingerprint density at radius 3 is 2.62 bits per heavy atom. The summed E-state index contributed by atoms with van der Waals surface area (Å²) in [6.45, 7) is 3.01. The van der Waals surface area contributed by atoms with Gasteiger partial charge in [-0.25, -0.2) is 8.42 Å². The summed E-state index contributed by atoms with van der Waals surface area (Å²) in [4.78, 5) is 0.394. The van der Waals surface area contributed by atoms with Crippen LogP contribution < -0.4 is 5.73 Å². The van der Waals surface area contributed by atoms with Crippen molar-refractivity contribution in [2.45, 2.75) is 24.3 Å². The van der Waals surface area contributed by atoms with Crippen LogP contribution >= 0.6 is 0 Å². The summed E-state index contributed by atoms with van der Waals surface area (Å²) in [7, 11) is -3.45. The zero-order chi connectivity index (χ0) is 15.0. The minimum Gasteiger partial charge on any atom is -0.328 e. The van der Waals surface area contributed by atoms with Gasteiger partial charge in [0.1, 0.15) is 0 Å². The van der Waals surface area contributed by atoms with Crippen LogP contribution in [0.1, 0.15) is 13.3 Å². The van der Waals surface area contributed by atoms with E-state index in [1.807, 2.05) is 37.3 Å². The van der Waals surface area contributed by atoms with Crippen LogP contribution in [-0.2, 0) is 10.0 Å². The zero-order valence-electron chi connectivity index (χ0n) is 12.1. The lowest BCUT2D eigenvalue weighted by Crippen LogP contribution is -2.33. The molecule has 0 saturated carbocycles. The second kappa shape index (κ2) is 5.40. The van der Waals surface area contributed by atoms with Crippen LogP contribution in [0.15, 0.2) is 47.4 Å². The number of nitrogens with zero attached hydrogens (tertiary/aromatic N) is 1. The van der Waals surface area contributed by atoms with E-state index >= 15 is 0 Å². The molecule has 2 unspecified atom stereocenters. The maximum Gasteiger partial charge on any atom is 0.243 e. The quantitative estimate of drug-likeness (QED) is 0.945. The van der Waals surface area contributed by atoms with E-state index < -0.39 is 10.0 Å². The second-order valence-electron chi connectivity index (χ2n) is 5.75. The molecular weight excluding hydrogens is 284 g/mol. The van der Waals surface area contributed by atoms with Crippen molar-refractivity contribution in [1.29, 1.82) is 0 Å². The van der Waals surface area contributed by atoms with Crippen LogP contribution in [0.2, 0.25) is 0 Å². The Kier molecular flexibility index (Phi) is 3.73. The molecule has 0 bridgehead atoms. The minimum absolute atomic E-state index is 0.0257. The summed E-state index contributed by atoms with van der Waals surface area (Å²) >= 11 is 0. The monoisotopic (exact) mass is 304 g/mol. The third-order valence-electron chi connectivity index (χ3n) is 4.30. The molecule has 2 atom stereocenters. The molecule has 112 valence electrons. The third kappa shape index (κ3) is 2.57. The van der Waals surface area contributed by atoms with Gasteiger partial charge in [-0.1, -0.05) is 36.4 Å². The molecule has 1 aliphatic rings. The topological polar surface area (TPSA) is 63.4 Å². The van der Waals surface area contributed by atoms with Crippen LogP contribution in [0.4, 0.5) is 0 Å². The zero-order valence-corrected chi connectivity index (χ0v) is 12.9. The van der Waals surface area contributed by atoms with Crippen LogP contribution in [0, 0.1) is 5.92 Å². The van der Waals surface area contributed by atoms with Gasteiger partial charge in [0.25, 0.3) is 0 Å². The van der Waals surface area contributed by atoms with Crippen molar-refractivity contribution < 1.29 is 8.42 Å². The SMILES string of the molecule is CC(N)C1CCN(S(=O)(=O)c2cccc3ccccc23)C1. The summed E-state index contributed by atoms with van der Waals surface area (Å²) in [5, 5.41) is 1.73. The molecule has 0 aromatic heterocycles. The highest BCUT2D eigenvalue weighted by Crippen LogP contribution is 2.29. The van der Waals surface area contributed by atoms with Crippen molar-refractivity contribution in [3.8, 4) is 0 Å². The van der Waals surface area contributed by atoms with Gasteiger partial charge in [-0.3, -0.25) is 0 Å². The largest absolute Gasteiger partial charge is 0.328 e. The lowest BCUT2D eigenvalue weighted by atomic mass is 10.0. The molecule has 5 heteroatoms. The Labute approximate surface area is 125 Å². The number of nitrogens with two attached hydrogens (primary N) is 1. The molecule has 1 fully saturated rings. The van der Waals surface area contributed by atoms with Gasteiger partial charge in [-0.15, -0.1) is 0 Å². The number of hydrogen-bond donors (Lipinski definition) is 1. The van der Waals surface area contributed by atoms with Crippen molar-refractivity contribution in [2.75, 3.05) is 13.1 Å². The predicted molar refractivity (Wildman–Crippen MR) is 84.5 cm³/mol. The summed E-state index contributed by atoms with van der Waals surface area (Å²) in [6, 6.07) is 13.0. The first-order chi connectivity index (χ1) is 10.00. The minimum atomic E-state index is -3.45. The molecule has 1 heterocycles. The van der Waals surface area contributed by atoms with Crippen molar-refractivity contribution in [3.05, 3.63) is 42.5 Å². The summed E-state index contributed by atoms with van der Waals surface area (Å²) in [5.41, 5.74) is 5.91. The van der Waals surface area contributed by atoms with Gasteiger partial charge in [0.15, 0.2) is 0 Å². The normalized spacial score (nSPS) is 21.7. The molecular formula is C16H20N2O2S. The lowest BCUT2D eigenvalue weighted by Gasteiger charge is -2.19. The molecule has 2 aromatic rings. The summed E-state index contributed by atoms with van der Waals surface area (Å²) in [6.07, 6.45) is 0.835. The molecule has 21 heavy (non-hydrogen) atoms. The van der Waals surface area contributed by atoms with Gasteiger partial charge in [0, 0.05) is 24.5 Å². The number of rotatable bonds is 3. The van der Waals surface area contributed by atoms with Gasteiger partial charge in [0.05, 0.1) is 4.90 Å². The molecule has 1 aliphatic heterocycles. The molecule has 4 nitrogen and oxygen atoms in total. The molecule has 0 amide bonds. The van der Waals surface area contributed by atoms with E-state index in [0.29, 0.717) is 18.0 Å². The van der Waals surface area contributed by atoms with Gasteiger partial charge >= 0.3 is 0 Å². The molecule has 2 aromatic carbocycles. The van der Waals surface area contributed by atoms with Crippen molar-refractivity contribution in [1.82, 2.24) is 4.31 Å². The van der Waals surface area contributed by atoms with E-state index in [4.69, 9.17) is 5.73 Å². The van der Waals surface area contributed by atoms with Crippen LogP contribution in [-0.4, -0.2) is 31.9 Å². The third-order valence-corrected chi connectivity index (χ3v) is 6.22. The highest BCUT2D eigenvalue weighted by Gasteiger charge is 2.34. The maximum absolute atomic E-state index is 12.9. The fourth-order valence-electron chi connectivity index (χ4n) is 2.96. The maximum atomic E-state index is 12.9. The Hall–Kier alpha value is -1.43. The second-order valence-corrected chi connectivity index (χ2v) is 7.65. The number of benzene rings is 2. The summed E-state index contributed by atoms with van der Waals surface area (Å²) in [5.74, 6) is 0.245. The van der Waals surface area contributed by atoms with E-state index in [1.165, 1.54) is 0 Å². The van der Waals surface area contributed by atoms with Crippen LogP contribution in [0.25, 0.3) is 10.8 Å². The van der Waals surface area contributed by atoms with Crippen LogP contribution in [0.3, 0.4) is 0 Å². The lowest BCUT2D eigenvalue weighted by molar-refractivity contribution is 0.429. The predicted octanol–water partition coefficient (Wildman–Crippen LogP) is 2.20. The number of fused-ring (bicyclic) bond motifs is 1. The van der Waals surface area contributed by atoms with E-state index in [9.17, 15) is 8.42 Å². The average Bonchev–Trinajstić information content (AvgIpc) is 2.97. The summed E-state index contributed by atoms with van der Waals surface area (Å²) < 4.78 is 27.4. The molecule has 0 radical (unpaired) electrons. The van der Waals surface area contributed by atoms with Gasteiger partial charge in [-0.2, -0.15) is 4.31 Å². The molecule has 0 spiro atoms. The van der Waals surface area contributed by atoms with E-state index in [2.05, 4.69) is 0 Å². The van der Waals surface area contributed by atoms with Gasteiger partial charge in [0.2, 0.25) is 10.0 Å². The molecule has 3 rings (SSSR count). The molecule has 1 saturated heterocycles. The smallest absolute Gasteiger partial charge is 0.243 e. The fourth-order valence-corrected chi connectivity index (χ4v) is 4.69. The fraction of sp³-hybridized carbons (Fsp3) is 0.375.